The molecule has 1 aliphatic heterocycles. The molecule has 15 heavy (non-hydrogen) atoms. The van der Waals surface area contributed by atoms with Gasteiger partial charge in [0.2, 0.25) is 5.79 Å². The first-order valence-corrected chi connectivity index (χ1v) is 5.70. The zero-order valence-corrected chi connectivity index (χ0v) is 9.03. The summed E-state index contributed by atoms with van der Waals surface area (Å²) in [5.41, 5.74) is -1.14. The minimum Gasteiger partial charge on any atom is -0.387 e. The van der Waals surface area contributed by atoms with Crippen LogP contribution in [0.4, 0.5) is 0 Å². The van der Waals surface area contributed by atoms with E-state index < -0.39 is 17.5 Å². The van der Waals surface area contributed by atoms with Crippen LogP contribution in [0.3, 0.4) is 0 Å². The topological polar surface area (TPSA) is 58.9 Å². The van der Waals surface area contributed by atoms with Crippen LogP contribution in [0.15, 0.2) is 0 Å². The Kier molecular flexibility index (Phi) is 1.83. The molecule has 1 heterocycles. The van der Waals surface area contributed by atoms with Crippen molar-refractivity contribution in [1.82, 2.24) is 0 Å². The van der Waals surface area contributed by atoms with Crippen LogP contribution in [0.25, 0.3) is 0 Å². The Morgan fingerprint density at radius 1 is 1.33 bits per heavy atom. The van der Waals surface area contributed by atoms with Gasteiger partial charge in [-0.3, -0.25) is 0 Å². The summed E-state index contributed by atoms with van der Waals surface area (Å²) in [5.74, 6) is -0.946. The average Bonchev–Trinajstić information content (AvgIpc) is 2.75. The van der Waals surface area contributed by atoms with Crippen LogP contribution < -0.4 is 0 Å². The van der Waals surface area contributed by atoms with Gasteiger partial charge in [-0.15, -0.1) is 0 Å². The molecule has 1 saturated heterocycles. The summed E-state index contributed by atoms with van der Waals surface area (Å²) in [6.07, 6.45) is 3.53. The third-order valence-corrected chi connectivity index (χ3v) is 4.86. The molecule has 0 aromatic heterocycles. The SMILES string of the molecule is CO[C@@]12OC[C@@]3(O)CCC[C@]31CC[C@H]2O. The summed E-state index contributed by atoms with van der Waals surface area (Å²) >= 11 is 0. The smallest absolute Gasteiger partial charge is 0.202 e. The van der Waals surface area contributed by atoms with Gasteiger partial charge in [-0.05, 0) is 32.1 Å². The molecule has 2 saturated carbocycles. The van der Waals surface area contributed by atoms with Crippen molar-refractivity contribution in [3.05, 3.63) is 0 Å². The van der Waals surface area contributed by atoms with E-state index in [0.29, 0.717) is 13.0 Å². The molecule has 0 amide bonds. The maximum Gasteiger partial charge on any atom is 0.202 e. The highest BCUT2D eigenvalue weighted by Crippen LogP contribution is 2.66. The second-order valence-electron chi connectivity index (χ2n) is 5.18. The lowest BCUT2D eigenvalue weighted by Gasteiger charge is -2.41. The molecule has 86 valence electrons. The summed E-state index contributed by atoms with van der Waals surface area (Å²) < 4.78 is 11.1. The minimum absolute atomic E-state index is 0.303. The quantitative estimate of drug-likeness (QED) is 0.664. The normalized spacial score (nSPS) is 58.2. The first-order chi connectivity index (χ1) is 7.10. The van der Waals surface area contributed by atoms with Gasteiger partial charge in [-0.2, -0.15) is 0 Å². The summed E-state index contributed by atoms with van der Waals surface area (Å²) in [5, 5.41) is 20.6. The monoisotopic (exact) mass is 214 g/mol. The molecule has 0 aromatic carbocycles. The Bertz CT molecular complexity index is 294. The van der Waals surface area contributed by atoms with E-state index in [2.05, 4.69) is 0 Å². The molecule has 0 radical (unpaired) electrons. The van der Waals surface area contributed by atoms with E-state index in [1.165, 1.54) is 0 Å². The van der Waals surface area contributed by atoms with E-state index >= 15 is 0 Å². The summed E-state index contributed by atoms with van der Waals surface area (Å²) in [6.45, 7) is 0.303. The fourth-order valence-corrected chi connectivity index (χ4v) is 4.14. The predicted octanol–water partition coefficient (Wildman–Crippen LogP) is 0.415. The van der Waals surface area contributed by atoms with Crippen molar-refractivity contribution >= 4 is 0 Å². The largest absolute Gasteiger partial charge is 0.387 e. The second kappa shape index (κ2) is 2.74. The fraction of sp³-hybridized carbons (Fsp3) is 1.00. The highest BCUT2D eigenvalue weighted by atomic mass is 16.7. The van der Waals surface area contributed by atoms with Gasteiger partial charge < -0.3 is 19.7 Å². The van der Waals surface area contributed by atoms with E-state index in [4.69, 9.17) is 9.47 Å². The summed E-state index contributed by atoms with van der Waals surface area (Å²) in [4.78, 5) is 0. The standard InChI is InChI=1S/C11H18O4/c1-14-11-8(12)3-6-9(11)4-2-5-10(9,13)7-15-11/h8,12-13H,2-7H2,1H3/t8-,9+,10+,11+/m1/s1. The molecule has 1 spiro atoms. The number of aliphatic hydroxyl groups is 2. The van der Waals surface area contributed by atoms with Crippen molar-refractivity contribution in [3.8, 4) is 0 Å². The lowest BCUT2D eigenvalue weighted by atomic mass is 9.71. The Morgan fingerprint density at radius 2 is 2.13 bits per heavy atom. The lowest BCUT2D eigenvalue weighted by molar-refractivity contribution is -0.275. The third-order valence-electron chi connectivity index (χ3n) is 4.86. The van der Waals surface area contributed by atoms with Crippen molar-refractivity contribution in [1.29, 1.82) is 0 Å². The zero-order chi connectivity index (χ0) is 10.7. The Hall–Kier alpha value is -0.160. The molecule has 3 fully saturated rings. The van der Waals surface area contributed by atoms with Gasteiger partial charge in [0.05, 0.1) is 17.6 Å². The van der Waals surface area contributed by atoms with Crippen LogP contribution in [0.5, 0.6) is 0 Å². The number of aliphatic hydroxyl groups excluding tert-OH is 1. The molecule has 0 aromatic rings. The number of hydrogen-bond donors (Lipinski definition) is 2. The highest BCUT2D eigenvalue weighted by molar-refractivity contribution is 5.20. The molecule has 4 atom stereocenters. The van der Waals surface area contributed by atoms with Crippen LogP contribution in [-0.2, 0) is 9.47 Å². The van der Waals surface area contributed by atoms with Crippen molar-refractivity contribution in [2.75, 3.05) is 13.7 Å². The summed E-state index contributed by atoms with van der Waals surface area (Å²) in [7, 11) is 1.57. The average molecular weight is 214 g/mol. The lowest BCUT2D eigenvalue weighted by Crippen LogP contribution is -2.54. The van der Waals surface area contributed by atoms with E-state index in [-0.39, 0.29) is 5.41 Å². The number of rotatable bonds is 1. The Balaban J connectivity index is 2.11. The van der Waals surface area contributed by atoms with Crippen molar-refractivity contribution < 1.29 is 19.7 Å². The summed E-state index contributed by atoms with van der Waals surface area (Å²) in [6, 6.07) is 0. The van der Waals surface area contributed by atoms with Crippen LogP contribution in [0, 0.1) is 5.41 Å². The van der Waals surface area contributed by atoms with Gasteiger partial charge in [0, 0.05) is 7.11 Å². The van der Waals surface area contributed by atoms with Crippen LogP contribution in [0.2, 0.25) is 0 Å². The van der Waals surface area contributed by atoms with E-state index in [0.717, 1.165) is 25.7 Å². The maximum absolute atomic E-state index is 10.6. The molecule has 0 unspecified atom stereocenters. The number of ether oxygens (including phenoxy) is 2. The molecular weight excluding hydrogens is 196 g/mol. The van der Waals surface area contributed by atoms with E-state index in [1.54, 1.807) is 7.11 Å². The third kappa shape index (κ3) is 0.848. The van der Waals surface area contributed by atoms with Crippen LogP contribution in [0.1, 0.15) is 32.1 Å². The predicted molar refractivity (Wildman–Crippen MR) is 52.2 cm³/mol. The van der Waals surface area contributed by atoms with E-state index in [1.807, 2.05) is 0 Å². The minimum atomic E-state index is -0.946. The molecule has 4 nitrogen and oxygen atoms in total. The molecule has 3 aliphatic rings. The van der Waals surface area contributed by atoms with Crippen LogP contribution >= 0.6 is 0 Å². The number of methoxy groups -OCH3 is 1. The highest BCUT2D eigenvalue weighted by Gasteiger charge is 2.76. The zero-order valence-electron chi connectivity index (χ0n) is 9.03. The van der Waals surface area contributed by atoms with Gasteiger partial charge in [0.1, 0.15) is 6.10 Å². The van der Waals surface area contributed by atoms with Gasteiger partial charge in [0.25, 0.3) is 0 Å². The second-order valence-corrected chi connectivity index (χ2v) is 5.18. The molecule has 3 rings (SSSR count). The molecule has 2 N–H and O–H groups in total. The van der Waals surface area contributed by atoms with Gasteiger partial charge >= 0.3 is 0 Å². The van der Waals surface area contributed by atoms with E-state index in [9.17, 15) is 10.2 Å². The maximum atomic E-state index is 10.6. The molecule has 0 bridgehead atoms. The molecule has 2 aliphatic carbocycles. The Labute approximate surface area is 89.2 Å². The van der Waals surface area contributed by atoms with Crippen LogP contribution in [-0.4, -0.2) is 41.4 Å². The van der Waals surface area contributed by atoms with Crippen molar-refractivity contribution in [3.63, 3.8) is 0 Å². The fourth-order valence-electron chi connectivity index (χ4n) is 4.14. The number of hydrogen-bond acceptors (Lipinski definition) is 4. The van der Waals surface area contributed by atoms with Gasteiger partial charge in [0.15, 0.2) is 0 Å². The van der Waals surface area contributed by atoms with Crippen molar-refractivity contribution in [2.45, 2.75) is 49.6 Å². The Morgan fingerprint density at radius 3 is 2.87 bits per heavy atom. The van der Waals surface area contributed by atoms with Crippen molar-refractivity contribution in [2.24, 2.45) is 5.41 Å². The van der Waals surface area contributed by atoms with Gasteiger partial charge in [-0.1, -0.05) is 0 Å². The molecular formula is C11H18O4. The molecule has 4 heteroatoms. The first kappa shape index (κ1) is 10.0. The van der Waals surface area contributed by atoms with Gasteiger partial charge in [-0.25, -0.2) is 0 Å². The first-order valence-electron chi connectivity index (χ1n) is 5.70.